The van der Waals surface area contributed by atoms with Gasteiger partial charge in [-0.2, -0.15) is 0 Å². The SMILES string of the molecule is C[P+]1(P(=O)(O)O)CCCC1=O. The molecule has 1 fully saturated rings. The molecule has 1 heterocycles. The topological polar surface area (TPSA) is 74.6 Å². The van der Waals surface area contributed by atoms with Gasteiger partial charge in [0.2, 0.25) is 0 Å². The summed E-state index contributed by atoms with van der Waals surface area (Å²) in [6, 6.07) is 0. The highest BCUT2D eigenvalue weighted by Gasteiger charge is 2.59. The summed E-state index contributed by atoms with van der Waals surface area (Å²) in [5, 5.41) is 0. The van der Waals surface area contributed by atoms with E-state index in [4.69, 9.17) is 9.79 Å². The number of carbonyl (C=O) groups is 1. The van der Waals surface area contributed by atoms with Crippen molar-refractivity contribution in [3.05, 3.63) is 0 Å². The van der Waals surface area contributed by atoms with Gasteiger partial charge in [0, 0.05) is 6.42 Å². The second-order valence-corrected chi connectivity index (χ2v) is 11.3. The summed E-state index contributed by atoms with van der Waals surface area (Å²) in [5.74, 6) is 0. The molecule has 1 rings (SSSR count). The number of hydrogen-bond acceptors (Lipinski definition) is 2. The number of rotatable bonds is 1. The first-order valence-electron chi connectivity index (χ1n) is 3.33. The van der Waals surface area contributed by atoms with Crippen LogP contribution in [-0.2, 0) is 9.36 Å². The summed E-state index contributed by atoms with van der Waals surface area (Å²) in [4.78, 5) is 28.9. The highest BCUT2D eigenvalue weighted by molar-refractivity contribution is 8.44. The van der Waals surface area contributed by atoms with Crippen molar-refractivity contribution in [2.45, 2.75) is 12.8 Å². The largest absolute Gasteiger partial charge is 0.472 e. The number of carbonyl (C=O) groups excluding carboxylic acids is 1. The predicted molar refractivity (Wildman–Crippen MR) is 44.0 cm³/mol. The van der Waals surface area contributed by atoms with Crippen molar-refractivity contribution in [2.24, 2.45) is 0 Å². The Kier molecular flexibility index (Phi) is 2.24. The van der Waals surface area contributed by atoms with Gasteiger partial charge in [-0.15, -0.1) is 0 Å². The number of hydrogen-bond donors (Lipinski definition) is 2. The van der Waals surface area contributed by atoms with E-state index in [-0.39, 0.29) is 5.52 Å². The Morgan fingerprint density at radius 2 is 2.09 bits per heavy atom. The molecule has 0 aromatic rings. The van der Waals surface area contributed by atoms with Crippen molar-refractivity contribution in [1.29, 1.82) is 0 Å². The van der Waals surface area contributed by atoms with Gasteiger partial charge in [0.15, 0.2) is 6.95 Å². The van der Waals surface area contributed by atoms with Crippen molar-refractivity contribution in [1.82, 2.24) is 0 Å². The van der Waals surface area contributed by atoms with Gasteiger partial charge in [-0.25, -0.2) is 4.57 Å². The molecule has 4 nitrogen and oxygen atoms in total. The summed E-state index contributed by atoms with van der Waals surface area (Å²) in [6.45, 7) is -1.11. The molecule has 2 N–H and O–H groups in total. The molecular formula is C5H11O4P2+. The molecule has 6 heteroatoms. The van der Waals surface area contributed by atoms with Crippen molar-refractivity contribution in [3.8, 4) is 0 Å². The standard InChI is InChI=1S/C5H10O4P2/c1-10(11(7,8)9)4-2-3-5(10)6/h2-4H2,1H3,(H-,7,8,9)/p+1. The lowest BCUT2D eigenvalue weighted by atomic mass is 10.4. The smallest absolute Gasteiger partial charge is 0.295 e. The Hall–Kier alpha value is 0.250. The van der Waals surface area contributed by atoms with Crippen LogP contribution in [0.15, 0.2) is 0 Å². The highest BCUT2D eigenvalue weighted by atomic mass is 32.1. The Balaban J connectivity index is 3.00. The molecule has 0 bridgehead atoms. The summed E-state index contributed by atoms with van der Waals surface area (Å²) in [6.07, 6.45) is 1.43. The molecule has 1 saturated heterocycles. The van der Waals surface area contributed by atoms with Gasteiger partial charge in [-0.1, -0.05) is 0 Å². The molecule has 0 aromatic carbocycles. The molecule has 0 spiro atoms. The maximum Gasteiger partial charge on any atom is 0.472 e. The van der Waals surface area contributed by atoms with Gasteiger partial charge in [-0.05, 0) is 6.42 Å². The van der Waals surface area contributed by atoms with Crippen LogP contribution in [-0.4, -0.2) is 28.1 Å². The third kappa shape index (κ3) is 1.41. The lowest BCUT2D eigenvalue weighted by Gasteiger charge is -2.13. The van der Waals surface area contributed by atoms with E-state index in [1.807, 2.05) is 0 Å². The zero-order valence-electron chi connectivity index (χ0n) is 6.23. The zero-order chi connectivity index (χ0) is 8.70. The fraction of sp³-hybridized carbons (Fsp3) is 0.800. The van der Waals surface area contributed by atoms with Crippen molar-refractivity contribution in [2.75, 3.05) is 12.8 Å². The van der Waals surface area contributed by atoms with Gasteiger partial charge in [0.25, 0.3) is 5.52 Å². The molecule has 0 saturated carbocycles. The third-order valence-corrected chi connectivity index (χ3v) is 10.5. The summed E-state index contributed by atoms with van der Waals surface area (Å²) in [7, 11) is -4.12. The van der Waals surface area contributed by atoms with E-state index in [1.54, 1.807) is 0 Å². The van der Waals surface area contributed by atoms with Crippen LogP contribution in [0.1, 0.15) is 12.8 Å². The minimum Gasteiger partial charge on any atom is -0.295 e. The molecule has 0 aromatic heterocycles. The van der Waals surface area contributed by atoms with E-state index in [2.05, 4.69) is 0 Å². The van der Waals surface area contributed by atoms with Crippen molar-refractivity contribution >= 4 is 19.8 Å². The van der Waals surface area contributed by atoms with Crippen LogP contribution in [0.25, 0.3) is 0 Å². The molecule has 1 aliphatic rings. The first-order chi connectivity index (χ1) is 4.88. The van der Waals surface area contributed by atoms with Gasteiger partial charge >= 0.3 is 7.28 Å². The summed E-state index contributed by atoms with van der Waals surface area (Å²) >= 11 is 0. The lowest BCUT2D eigenvalue weighted by Crippen LogP contribution is -1.99. The first kappa shape index (κ1) is 9.34. The van der Waals surface area contributed by atoms with Gasteiger partial charge in [-0.3, -0.25) is 14.6 Å². The molecule has 64 valence electrons. The average molecular weight is 197 g/mol. The minimum absolute atomic E-state index is 0.189. The quantitative estimate of drug-likeness (QED) is 0.616. The summed E-state index contributed by atoms with van der Waals surface area (Å²) in [5.41, 5.74) is -0.189. The Morgan fingerprint density at radius 1 is 1.55 bits per heavy atom. The van der Waals surface area contributed by atoms with Gasteiger partial charge in [0.1, 0.15) is 0 Å². The zero-order valence-corrected chi connectivity index (χ0v) is 8.02. The maximum atomic E-state index is 11.1. The second-order valence-electron chi connectivity index (χ2n) is 2.87. The predicted octanol–water partition coefficient (Wildman–Crippen LogP) is 1.05. The lowest BCUT2D eigenvalue weighted by molar-refractivity contribution is -0.111. The minimum atomic E-state index is -4.12. The van der Waals surface area contributed by atoms with E-state index in [9.17, 15) is 9.36 Å². The van der Waals surface area contributed by atoms with Crippen LogP contribution >= 0.6 is 14.2 Å². The molecule has 1 unspecified atom stereocenters. The normalized spacial score (nSPS) is 32.8. The second kappa shape index (κ2) is 2.63. The van der Waals surface area contributed by atoms with Crippen LogP contribution in [0.5, 0.6) is 0 Å². The maximum absolute atomic E-state index is 11.1. The van der Waals surface area contributed by atoms with E-state index in [1.165, 1.54) is 6.66 Å². The van der Waals surface area contributed by atoms with Crippen LogP contribution in [0.4, 0.5) is 0 Å². The van der Waals surface area contributed by atoms with Crippen molar-refractivity contribution in [3.63, 3.8) is 0 Å². The Morgan fingerprint density at radius 3 is 2.27 bits per heavy atom. The average Bonchev–Trinajstić information content (AvgIpc) is 2.12. The van der Waals surface area contributed by atoms with Crippen LogP contribution in [0.2, 0.25) is 0 Å². The van der Waals surface area contributed by atoms with Gasteiger partial charge in [0.05, 0.1) is 12.8 Å². The van der Waals surface area contributed by atoms with E-state index < -0.39 is 14.2 Å². The highest BCUT2D eigenvalue weighted by Crippen LogP contribution is 2.86. The Labute approximate surface area is 65.4 Å². The van der Waals surface area contributed by atoms with Crippen LogP contribution in [0.3, 0.4) is 0 Å². The van der Waals surface area contributed by atoms with Crippen LogP contribution in [0, 0.1) is 0 Å². The Bertz CT molecular complexity index is 233. The molecule has 0 amide bonds. The van der Waals surface area contributed by atoms with Crippen molar-refractivity contribution < 1.29 is 19.1 Å². The summed E-state index contributed by atoms with van der Waals surface area (Å²) < 4.78 is 10.9. The van der Waals surface area contributed by atoms with Gasteiger partial charge < -0.3 is 0 Å². The van der Waals surface area contributed by atoms with E-state index >= 15 is 0 Å². The molecule has 1 aliphatic heterocycles. The monoisotopic (exact) mass is 197 g/mol. The van der Waals surface area contributed by atoms with Crippen LogP contribution < -0.4 is 0 Å². The molecule has 0 radical (unpaired) electrons. The fourth-order valence-electron chi connectivity index (χ4n) is 1.18. The molecular weight excluding hydrogens is 186 g/mol. The third-order valence-electron chi connectivity index (χ3n) is 2.10. The molecule has 11 heavy (non-hydrogen) atoms. The fourth-order valence-corrected chi connectivity index (χ4v) is 5.77. The van der Waals surface area contributed by atoms with E-state index in [0.29, 0.717) is 19.0 Å². The van der Waals surface area contributed by atoms with E-state index in [0.717, 1.165) is 0 Å². The first-order valence-corrected chi connectivity index (χ1v) is 8.07. The molecule has 0 aliphatic carbocycles. The molecule has 1 atom stereocenters.